The van der Waals surface area contributed by atoms with Gasteiger partial charge in [-0.1, -0.05) is 0 Å². The zero-order valence-corrected chi connectivity index (χ0v) is 8.50. The first-order valence-electron chi connectivity index (χ1n) is 3.45. The molecule has 0 aromatic rings. The third-order valence-electron chi connectivity index (χ3n) is 1.04. The van der Waals surface area contributed by atoms with E-state index >= 15 is 0 Å². The summed E-state index contributed by atoms with van der Waals surface area (Å²) in [5.74, 6) is 1.27. The second-order valence-corrected chi connectivity index (χ2v) is 6.07. The molecular weight excluding hydrogens is 180 g/mol. The van der Waals surface area contributed by atoms with Gasteiger partial charge in [0.25, 0.3) is 0 Å². The molecule has 0 fully saturated rings. The molecule has 0 atom stereocenters. The van der Waals surface area contributed by atoms with Crippen LogP contribution in [0.5, 0.6) is 0 Å². The fourth-order valence-electron chi connectivity index (χ4n) is 0.568. The SMILES string of the molecule is CC(C)(SCC=O)SCCO. The lowest BCUT2D eigenvalue weighted by Gasteiger charge is -2.21. The van der Waals surface area contributed by atoms with Crippen LogP contribution >= 0.6 is 23.5 Å². The number of rotatable bonds is 6. The molecule has 0 aromatic carbocycles. The lowest BCUT2D eigenvalue weighted by Crippen LogP contribution is -2.11. The molecule has 0 radical (unpaired) electrons. The van der Waals surface area contributed by atoms with E-state index in [-0.39, 0.29) is 10.7 Å². The van der Waals surface area contributed by atoms with Crippen molar-refractivity contribution in [3.63, 3.8) is 0 Å². The summed E-state index contributed by atoms with van der Waals surface area (Å²) < 4.78 is 0.0453. The van der Waals surface area contributed by atoms with Crippen molar-refractivity contribution in [1.29, 1.82) is 0 Å². The van der Waals surface area contributed by atoms with Crippen molar-refractivity contribution in [3.05, 3.63) is 0 Å². The fraction of sp³-hybridized carbons (Fsp3) is 0.857. The third kappa shape index (κ3) is 6.72. The Bertz CT molecular complexity index is 115. The van der Waals surface area contributed by atoms with Crippen LogP contribution in [0.4, 0.5) is 0 Å². The van der Waals surface area contributed by atoms with Crippen LogP contribution in [-0.2, 0) is 4.79 Å². The summed E-state index contributed by atoms with van der Waals surface area (Å²) in [5, 5.41) is 8.56. The van der Waals surface area contributed by atoms with Gasteiger partial charge in [-0.25, -0.2) is 0 Å². The van der Waals surface area contributed by atoms with E-state index in [0.717, 1.165) is 12.0 Å². The van der Waals surface area contributed by atoms with E-state index in [4.69, 9.17) is 5.11 Å². The van der Waals surface area contributed by atoms with Gasteiger partial charge < -0.3 is 9.90 Å². The smallest absolute Gasteiger partial charge is 0.129 e. The highest BCUT2D eigenvalue weighted by atomic mass is 32.2. The van der Waals surface area contributed by atoms with Crippen molar-refractivity contribution in [3.8, 4) is 0 Å². The fourth-order valence-corrected chi connectivity index (χ4v) is 2.41. The summed E-state index contributed by atoms with van der Waals surface area (Å²) in [7, 11) is 0. The topological polar surface area (TPSA) is 37.3 Å². The summed E-state index contributed by atoms with van der Waals surface area (Å²) in [6, 6.07) is 0. The Kier molecular flexibility index (Phi) is 6.09. The predicted octanol–water partition coefficient (Wildman–Crippen LogP) is 1.38. The third-order valence-corrected chi connectivity index (χ3v) is 3.83. The first-order valence-corrected chi connectivity index (χ1v) is 5.42. The van der Waals surface area contributed by atoms with Gasteiger partial charge in [0.05, 0.1) is 16.4 Å². The molecule has 0 saturated carbocycles. The number of hydrogen-bond donors (Lipinski definition) is 1. The van der Waals surface area contributed by atoms with Crippen LogP contribution in [0.15, 0.2) is 0 Å². The number of aliphatic hydroxyl groups excluding tert-OH is 1. The molecule has 0 aromatic heterocycles. The van der Waals surface area contributed by atoms with Crippen molar-refractivity contribution < 1.29 is 9.90 Å². The van der Waals surface area contributed by atoms with Crippen LogP contribution in [0.25, 0.3) is 0 Å². The maximum absolute atomic E-state index is 10.0. The maximum atomic E-state index is 10.0. The Morgan fingerprint density at radius 1 is 1.45 bits per heavy atom. The highest BCUT2D eigenvalue weighted by Crippen LogP contribution is 2.35. The molecular formula is C7H14O2S2. The average molecular weight is 194 g/mol. The predicted molar refractivity (Wildman–Crippen MR) is 52.1 cm³/mol. The molecule has 0 rings (SSSR count). The van der Waals surface area contributed by atoms with E-state index in [1.54, 1.807) is 23.5 Å². The Hall–Kier alpha value is 0.330. The van der Waals surface area contributed by atoms with E-state index < -0.39 is 0 Å². The van der Waals surface area contributed by atoms with Crippen LogP contribution in [-0.4, -0.2) is 33.6 Å². The van der Waals surface area contributed by atoms with E-state index in [9.17, 15) is 4.79 Å². The van der Waals surface area contributed by atoms with E-state index in [2.05, 4.69) is 13.8 Å². The molecule has 0 spiro atoms. The Balaban J connectivity index is 3.51. The van der Waals surface area contributed by atoms with Gasteiger partial charge in [0.15, 0.2) is 0 Å². The summed E-state index contributed by atoms with van der Waals surface area (Å²) in [6.45, 7) is 4.32. The van der Waals surface area contributed by atoms with Gasteiger partial charge in [0.2, 0.25) is 0 Å². The van der Waals surface area contributed by atoms with Gasteiger partial charge in [-0.3, -0.25) is 0 Å². The van der Waals surface area contributed by atoms with Crippen LogP contribution in [0.1, 0.15) is 13.8 Å². The number of carbonyl (C=O) groups excluding carboxylic acids is 1. The highest BCUT2D eigenvalue weighted by molar-refractivity contribution is 8.18. The summed E-state index contributed by atoms with van der Waals surface area (Å²) in [6.07, 6.45) is 0.909. The Labute approximate surface area is 76.1 Å². The molecule has 4 heteroatoms. The minimum Gasteiger partial charge on any atom is -0.396 e. The zero-order valence-electron chi connectivity index (χ0n) is 6.87. The Morgan fingerprint density at radius 3 is 2.55 bits per heavy atom. The number of hydrogen-bond acceptors (Lipinski definition) is 4. The lowest BCUT2D eigenvalue weighted by atomic mass is 10.5. The minimum atomic E-state index is 0.0453. The monoisotopic (exact) mass is 194 g/mol. The molecule has 0 aliphatic heterocycles. The van der Waals surface area contributed by atoms with Crippen LogP contribution in [0.3, 0.4) is 0 Å². The quantitative estimate of drug-likeness (QED) is 0.512. The standard InChI is InChI=1S/C7H14O2S2/c1-7(2,10-5-3-8)11-6-4-9/h3,9H,4-6H2,1-2H3. The molecule has 0 amide bonds. The summed E-state index contributed by atoms with van der Waals surface area (Å²) >= 11 is 3.28. The van der Waals surface area contributed by atoms with E-state index in [1.165, 1.54) is 0 Å². The summed E-state index contributed by atoms with van der Waals surface area (Å²) in [4.78, 5) is 10.0. The first-order chi connectivity index (χ1) is 5.12. The van der Waals surface area contributed by atoms with Crippen molar-refractivity contribution in [2.45, 2.75) is 17.9 Å². The highest BCUT2D eigenvalue weighted by Gasteiger charge is 2.17. The maximum Gasteiger partial charge on any atom is 0.129 e. The molecule has 0 aliphatic carbocycles. The van der Waals surface area contributed by atoms with Crippen LogP contribution in [0.2, 0.25) is 0 Å². The average Bonchev–Trinajstić information content (AvgIpc) is 1.97. The number of carbonyl (C=O) groups is 1. The van der Waals surface area contributed by atoms with Gasteiger partial charge >= 0.3 is 0 Å². The van der Waals surface area contributed by atoms with Gasteiger partial charge in [-0.15, -0.1) is 23.5 Å². The molecule has 66 valence electrons. The van der Waals surface area contributed by atoms with Gasteiger partial charge in [0.1, 0.15) is 6.29 Å². The van der Waals surface area contributed by atoms with E-state index in [0.29, 0.717) is 5.75 Å². The van der Waals surface area contributed by atoms with Gasteiger partial charge in [-0.05, 0) is 13.8 Å². The molecule has 0 bridgehead atoms. The molecule has 0 saturated heterocycles. The molecule has 0 unspecified atom stereocenters. The van der Waals surface area contributed by atoms with Crippen molar-refractivity contribution in [2.75, 3.05) is 18.1 Å². The molecule has 11 heavy (non-hydrogen) atoms. The number of aldehydes is 1. The van der Waals surface area contributed by atoms with Gasteiger partial charge in [-0.2, -0.15) is 0 Å². The molecule has 0 heterocycles. The zero-order chi connectivity index (χ0) is 8.74. The number of thioether (sulfide) groups is 2. The molecule has 2 nitrogen and oxygen atoms in total. The van der Waals surface area contributed by atoms with Crippen LogP contribution < -0.4 is 0 Å². The molecule has 0 aliphatic rings. The largest absolute Gasteiger partial charge is 0.396 e. The van der Waals surface area contributed by atoms with Crippen molar-refractivity contribution in [2.24, 2.45) is 0 Å². The van der Waals surface area contributed by atoms with Gasteiger partial charge in [0, 0.05) is 5.75 Å². The first kappa shape index (κ1) is 11.3. The Morgan fingerprint density at radius 2 is 2.09 bits per heavy atom. The summed E-state index contributed by atoms with van der Waals surface area (Å²) in [5.41, 5.74) is 0. The number of aliphatic hydroxyl groups is 1. The lowest BCUT2D eigenvalue weighted by molar-refractivity contribution is -0.105. The normalized spacial score (nSPS) is 11.5. The second kappa shape index (κ2) is 5.91. The second-order valence-electron chi connectivity index (χ2n) is 2.45. The van der Waals surface area contributed by atoms with Crippen molar-refractivity contribution in [1.82, 2.24) is 0 Å². The van der Waals surface area contributed by atoms with E-state index in [1.807, 2.05) is 0 Å². The minimum absolute atomic E-state index is 0.0453. The van der Waals surface area contributed by atoms with Crippen LogP contribution in [0, 0.1) is 0 Å². The molecule has 1 N–H and O–H groups in total. The van der Waals surface area contributed by atoms with Crippen molar-refractivity contribution >= 4 is 29.8 Å².